The number of rotatable bonds is 11. The number of nitrogens with one attached hydrogen (secondary N) is 1. The Bertz CT molecular complexity index is 1570. The Morgan fingerprint density at radius 1 is 1.04 bits per heavy atom. The third-order valence-electron chi connectivity index (χ3n) is 10.2. The van der Waals surface area contributed by atoms with Crippen molar-refractivity contribution < 1.29 is 37.4 Å². The third kappa shape index (κ3) is 7.28. The summed E-state index contributed by atoms with van der Waals surface area (Å²) in [4.78, 5) is 42.3. The number of furan rings is 1. The van der Waals surface area contributed by atoms with Gasteiger partial charge in [0.15, 0.2) is 0 Å². The van der Waals surface area contributed by atoms with Gasteiger partial charge in [0.05, 0.1) is 42.9 Å². The molecule has 3 heterocycles. The van der Waals surface area contributed by atoms with Crippen LogP contribution in [0.2, 0.25) is 0 Å². The van der Waals surface area contributed by atoms with Gasteiger partial charge in [0.1, 0.15) is 23.9 Å². The van der Waals surface area contributed by atoms with Crippen LogP contribution in [0, 0.1) is 18.7 Å². The molecule has 2 aliphatic heterocycles. The van der Waals surface area contributed by atoms with Crippen LogP contribution in [0.4, 0.5) is 10.1 Å². The number of aldehydes is 1. The Labute approximate surface area is 274 Å². The number of hydrogen-bond donors (Lipinski definition) is 1. The standard InChI is InChI=1S/C36H44FN3O7/c1-22-12-24(30(37)15-31(22)38-36(43)29-21-47-32-7-5-4-6-28(29)32)13-35(42)40-16-25(39-17-33(44-2)34(18-39)45-3)14-26(40)20-46-27-10-8-23(19-41)9-11-27/h4-7,12,15,19,21,23,25-27,33-34H,8-11,13-14,16-18,20H2,1-3H3,(H,38,43)/t23?,25-,26-,27?,33-,34?/m0/s1. The average Bonchev–Trinajstić information content (AvgIpc) is 3.83. The molecule has 2 amide bonds. The van der Waals surface area contributed by atoms with Crippen molar-refractivity contribution in [1.29, 1.82) is 0 Å². The molecule has 3 aromatic rings. The van der Waals surface area contributed by atoms with E-state index in [0.717, 1.165) is 38.4 Å². The number of anilines is 1. The van der Waals surface area contributed by atoms with Crippen molar-refractivity contribution >= 4 is 34.8 Å². The summed E-state index contributed by atoms with van der Waals surface area (Å²) in [5.74, 6) is -1.03. The van der Waals surface area contributed by atoms with Crippen molar-refractivity contribution in [2.75, 3.05) is 45.8 Å². The molecule has 1 saturated carbocycles. The van der Waals surface area contributed by atoms with Crippen molar-refractivity contribution in [2.24, 2.45) is 5.92 Å². The molecule has 4 atom stereocenters. The molecule has 252 valence electrons. The lowest BCUT2D eigenvalue weighted by molar-refractivity contribution is -0.133. The summed E-state index contributed by atoms with van der Waals surface area (Å²) in [6.45, 7) is 4.10. The van der Waals surface area contributed by atoms with E-state index in [1.54, 1.807) is 39.3 Å². The summed E-state index contributed by atoms with van der Waals surface area (Å²) in [6, 6.07) is 10.1. The maximum atomic E-state index is 15.5. The first kappa shape index (κ1) is 33.3. The number of amides is 2. The SMILES string of the molecule is COC1CN([C@H]2C[C@@H](COC3CCC(C=O)CC3)N(C(=O)Cc3cc(C)c(NC(=O)c4coc5ccccc45)cc3F)C2)C[C@@H]1OC. The highest BCUT2D eigenvalue weighted by Gasteiger charge is 2.43. The lowest BCUT2D eigenvalue weighted by Gasteiger charge is -2.29. The summed E-state index contributed by atoms with van der Waals surface area (Å²) in [6.07, 6.45) is 6.33. The van der Waals surface area contributed by atoms with Gasteiger partial charge in [-0.05, 0) is 62.3 Å². The van der Waals surface area contributed by atoms with Crippen molar-refractivity contribution in [3.63, 3.8) is 0 Å². The number of carbonyl (C=O) groups is 3. The second kappa shape index (κ2) is 14.6. The van der Waals surface area contributed by atoms with Crippen LogP contribution in [0.25, 0.3) is 11.0 Å². The Kier molecular flexibility index (Phi) is 10.4. The van der Waals surface area contributed by atoms with Gasteiger partial charge in [-0.15, -0.1) is 0 Å². The zero-order valence-electron chi connectivity index (χ0n) is 27.3. The molecule has 1 aromatic heterocycles. The number of methoxy groups -OCH3 is 2. The fourth-order valence-electron chi connectivity index (χ4n) is 7.40. The normalized spacial score (nSPS) is 26.6. The van der Waals surface area contributed by atoms with Gasteiger partial charge in [-0.1, -0.05) is 24.3 Å². The van der Waals surface area contributed by atoms with Crippen LogP contribution in [0.5, 0.6) is 0 Å². The highest BCUT2D eigenvalue weighted by molar-refractivity contribution is 6.12. The minimum Gasteiger partial charge on any atom is -0.463 e. The Hall–Kier alpha value is -3.64. The van der Waals surface area contributed by atoms with E-state index >= 15 is 4.39 Å². The van der Waals surface area contributed by atoms with Crippen LogP contribution in [-0.2, 0) is 30.2 Å². The summed E-state index contributed by atoms with van der Waals surface area (Å²) in [5, 5.41) is 3.47. The maximum Gasteiger partial charge on any atom is 0.259 e. The van der Waals surface area contributed by atoms with E-state index in [1.165, 1.54) is 12.3 Å². The van der Waals surface area contributed by atoms with Gasteiger partial charge in [-0.3, -0.25) is 14.5 Å². The van der Waals surface area contributed by atoms with Crippen LogP contribution < -0.4 is 5.32 Å². The summed E-state index contributed by atoms with van der Waals surface area (Å²) >= 11 is 0. The van der Waals surface area contributed by atoms with Gasteiger partial charge in [0.25, 0.3) is 5.91 Å². The first-order chi connectivity index (χ1) is 22.8. The van der Waals surface area contributed by atoms with E-state index < -0.39 is 11.7 Å². The second-order valence-corrected chi connectivity index (χ2v) is 13.1. The van der Waals surface area contributed by atoms with Crippen LogP contribution in [-0.4, -0.2) is 98.8 Å². The Balaban J connectivity index is 1.14. The van der Waals surface area contributed by atoms with E-state index in [-0.39, 0.29) is 54.2 Å². The molecule has 1 aliphatic carbocycles. The number of nitrogens with zero attached hydrogens (tertiary/aromatic N) is 2. The average molecular weight is 650 g/mol. The number of aryl methyl sites for hydroxylation is 1. The highest BCUT2D eigenvalue weighted by Crippen LogP contribution is 2.31. The predicted octanol–water partition coefficient (Wildman–Crippen LogP) is 4.76. The van der Waals surface area contributed by atoms with E-state index in [9.17, 15) is 14.4 Å². The molecule has 0 bridgehead atoms. The fourth-order valence-corrected chi connectivity index (χ4v) is 7.40. The van der Waals surface area contributed by atoms with E-state index in [1.807, 2.05) is 17.0 Å². The number of fused-ring (bicyclic) bond motifs is 1. The first-order valence-corrected chi connectivity index (χ1v) is 16.5. The van der Waals surface area contributed by atoms with Gasteiger partial charge in [-0.25, -0.2) is 4.39 Å². The number of ether oxygens (including phenoxy) is 3. The smallest absolute Gasteiger partial charge is 0.259 e. The number of para-hydroxylation sites is 1. The molecule has 11 heteroatoms. The van der Waals surface area contributed by atoms with E-state index in [4.69, 9.17) is 18.6 Å². The monoisotopic (exact) mass is 649 g/mol. The number of benzene rings is 2. The van der Waals surface area contributed by atoms with Crippen LogP contribution >= 0.6 is 0 Å². The lowest BCUT2D eigenvalue weighted by Crippen LogP contribution is -2.41. The predicted molar refractivity (Wildman–Crippen MR) is 174 cm³/mol. The van der Waals surface area contributed by atoms with E-state index in [2.05, 4.69) is 10.2 Å². The van der Waals surface area contributed by atoms with Crippen molar-refractivity contribution in [3.8, 4) is 0 Å². The molecule has 1 N–H and O–H groups in total. The fraction of sp³-hybridized carbons (Fsp3) is 0.528. The molecule has 3 fully saturated rings. The minimum absolute atomic E-state index is 0.0456. The quantitative estimate of drug-likeness (QED) is 0.296. The van der Waals surface area contributed by atoms with Crippen molar-refractivity contribution in [3.05, 3.63) is 65.2 Å². The number of carbonyl (C=O) groups excluding carboxylic acids is 3. The molecule has 2 aromatic carbocycles. The number of likely N-dealkylation sites (tertiary alicyclic amines) is 2. The Morgan fingerprint density at radius 3 is 2.47 bits per heavy atom. The van der Waals surface area contributed by atoms with Crippen molar-refractivity contribution in [2.45, 2.75) is 75.8 Å². The summed E-state index contributed by atoms with van der Waals surface area (Å²) < 4.78 is 38.7. The maximum absolute atomic E-state index is 15.5. The number of halogens is 1. The van der Waals surface area contributed by atoms with Gasteiger partial charge < -0.3 is 33.6 Å². The van der Waals surface area contributed by atoms with Gasteiger partial charge in [0, 0.05) is 56.9 Å². The second-order valence-electron chi connectivity index (χ2n) is 13.1. The molecule has 0 radical (unpaired) electrons. The van der Waals surface area contributed by atoms with Crippen LogP contribution in [0.3, 0.4) is 0 Å². The van der Waals surface area contributed by atoms with Gasteiger partial charge in [-0.2, -0.15) is 0 Å². The zero-order chi connectivity index (χ0) is 33.1. The Morgan fingerprint density at radius 2 is 1.77 bits per heavy atom. The zero-order valence-corrected chi connectivity index (χ0v) is 27.3. The lowest BCUT2D eigenvalue weighted by atomic mass is 9.88. The van der Waals surface area contributed by atoms with E-state index in [0.29, 0.717) is 54.0 Å². The summed E-state index contributed by atoms with van der Waals surface area (Å²) in [7, 11) is 3.38. The topological polar surface area (TPSA) is 111 Å². The van der Waals surface area contributed by atoms with Gasteiger partial charge in [0.2, 0.25) is 5.91 Å². The molecule has 2 saturated heterocycles. The minimum atomic E-state index is -0.558. The van der Waals surface area contributed by atoms with Gasteiger partial charge >= 0.3 is 0 Å². The third-order valence-corrected chi connectivity index (χ3v) is 10.2. The molecular weight excluding hydrogens is 605 g/mol. The van der Waals surface area contributed by atoms with Crippen LogP contribution in [0.1, 0.15) is 53.6 Å². The summed E-state index contributed by atoms with van der Waals surface area (Å²) in [5.41, 5.74) is 2.21. The molecular formula is C36H44FN3O7. The van der Waals surface area contributed by atoms with Crippen LogP contribution in [0.15, 0.2) is 47.1 Å². The first-order valence-electron chi connectivity index (χ1n) is 16.5. The number of hydrogen-bond acceptors (Lipinski definition) is 8. The molecule has 0 spiro atoms. The molecule has 1 unspecified atom stereocenters. The van der Waals surface area contributed by atoms with Crippen molar-refractivity contribution in [1.82, 2.24) is 9.80 Å². The molecule has 10 nitrogen and oxygen atoms in total. The molecule has 6 rings (SSSR count). The highest BCUT2D eigenvalue weighted by atomic mass is 19.1. The molecule has 3 aliphatic rings. The largest absolute Gasteiger partial charge is 0.463 e. The molecule has 47 heavy (non-hydrogen) atoms.